The number of hydrogen-bond acceptors (Lipinski definition) is 5. The second kappa shape index (κ2) is 10.9. The lowest BCUT2D eigenvalue weighted by Crippen LogP contribution is -2.26. The molecule has 1 aromatic heterocycles. The Hall–Kier alpha value is -4.07. The molecule has 182 valence electrons. The predicted octanol–water partition coefficient (Wildman–Crippen LogP) is 4.55. The van der Waals surface area contributed by atoms with Gasteiger partial charge in [-0.3, -0.25) is 9.59 Å². The lowest BCUT2D eigenvalue weighted by Gasteiger charge is -2.14. The van der Waals surface area contributed by atoms with Crippen molar-refractivity contribution in [2.24, 2.45) is 5.92 Å². The maximum atomic E-state index is 12.3. The molecule has 3 aromatic rings. The minimum Gasteiger partial charge on any atom is -0.481 e. The van der Waals surface area contributed by atoms with Crippen molar-refractivity contribution in [2.75, 3.05) is 13.2 Å². The van der Waals surface area contributed by atoms with Crippen molar-refractivity contribution in [3.8, 4) is 11.1 Å². The van der Waals surface area contributed by atoms with Crippen LogP contribution in [0.25, 0.3) is 11.1 Å². The highest BCUT2D eigenvalue weighted by Crippen LogP contribution is 2.44. The van der Waals surface area contributed by atoms with E-state index in [4.69, 9.17) is 14.3 Å². The number of ether oxygens (including phenoxy) is 1. The SMILES string of the molecule is CC(CCCNC(=O)c1ccc(CNC(=O)OCC2c3ccccc3-c3ccccc32)o1)C(=O)O. The van der Waals surface area contributed by atoms with E-state index in [0.717, 1.165) is 22.3 Å². The molecule has 1 heterocycles. The largest absolute Gasteiger partial charge is 0.481 e. The first-order valence-electron chi connectivity index (χ1n) is 11.6. The van der Waals surface area contributed by atoms with E-state index in [1.165, 1.54) is 6.07 Å². The van der Waals surface area contributed by atoms with E-state index < -0.39 is 18.0 Å². The molecule has 1 unspecified atom stereocenters. The summed E-state index contributed by atoms with van der Waals surface area (Å²) in [6.07, 6.45) is 0.459. The van der Waals surface area contributed by atoms with Crippen molar-refractivity contribution in [3.05, 3.63) is 83.3 Å². The maximum absolute atomic E-state index is 12.3. The zero-order chi connectivity index (χ0) is 24.8. The highest BCUT2D eigenvalue weighted by atomic mass is 16.5. The number of aliphatic carboxylic acids is 1. The number of carbonyl (C=O) groups excluding carboxylic acids is 2. The molecule has 8 heteroatoms. The quantitative estimate of drug-likeness (QED) is 0.370. The van der Waals surface area contributed by atoms with Crippen LogP contribution in [0.1, 0.15) is 53.1 Å². The normalized spacial score (nSPS) is 12.9. The summed E-state index contributed by atoms with van der Waals surface area (Å²) in [5.41, 5.74) is 4.60. The lowest BCUT2D eigenvalue weighted by molar-refractivity contribution is -0.141. The van der Waals surface area contributed by atoms with E-state index in [2.05, 4.69) is 34.9 Å². The van der Waals surface area contributed by atoms with Crippen LogP contribution in [0.4, 0.5) is 4.79 Å². The second-order valence-corrected chi connectivity index (χ2v) is 8.58. The van der Waals surface area contributed by atoms with Crippen molar-refractivity contribution in [1.29, 1.82) is 0 Å². The summed E-state index contributed by atoms with van der Waals surface area (Å²) < 4.78 is 11.0. The molecule has 0 bridgehead atoms. The van der Waals surface area contributed by atoms with Crippen LogP contribution in [-0.2, 0) is 16.1 Å². The highest BCUT2D eigenvalue weighted by Gasteiger charge is 2.29. The van der Waals surface area contributed by atoms with Gasteiger partial charge in [-0.2, -0.15) is 0 Å². The van der Waals surface area contributed by atoms with Gasteiger partial charge in [0.2, 0.25) is 0 Å². The van der Waals surface area contributed by atoms with Crippen molar-refractivity contribution in [2.45, 2.75) is 32.2 Å². The monoisotopic (exact) mass is 476 g/mol. The fraction of sp³-hybridized carbons (Fsp3) is 0.296. The van der Waals surface area contributed by atoms with Crippen LogP contribution in [0.3, 0.4) is 0 Å². The minimum absolute atomic E-state index is 0.0226. The molecule has 3 N–H and O–H groups in total. The topological polar surface area (TPSA) is 118 Å². The molecule has 1 atom stereocenters. The third-order valence-electron chi connectivity index (χ3n) is 6.16. The van der Waals surface area contributed by atoms with Crippen LogP contribution in [0, 0.1) is 5.92 Å². The Morgan fingerprint density at radius 3 is 2.29 bits per heavy atom. The third-order valence-corrected chi connectivity index (χ3v) is 6.16. The Balaban J connectivity index is 1.23. The zero-order valence-corrected chi connectivity index (χ0v) is 19.5. The number of amides is 2. The molecule has 0 aliphatic heterocycles. The van der Waals surface area contributed by atoms with E-state index in [0.29, 0.717) is 25.1 Å². The van der Waals surface area contributed by atoms with Gasteiger partial charge in [0.15, 0.2) is 5.76 Å². The maximum Gasteiger partial charge on any atom is 0.407 e. The van der Waals surface area contributed by atoms with Crippen LogP contribution in [0.5, 0.6) is 0 Å². The Morgan fingerprint density at radius 1 is 0.971 bits per heavy atom. The molecule has 35 heavy (non-hydrogen) atoms. The van der Waals surface area contributed by atoms with Crippen LogP contribution in [0.15, 0.2) is 65.1 Å². The van der Waals surface area contributed by atoms with Gasteiger partial charge in [0.05, 0.1) is 12.5 Å². The van der Waals surface area contributed by atoms with E-state index in [1.54, 1.807) is 13.0 Å². The number of carboxylic acids is 1. The molecule has 0 saturated heterocycles. The molecule has 1 aliphatic rings. The number of rotatable bonds is 10. The fourth-order valence-electron chi connectivity index (χ4n) is 4.22. The van der Waals surface area contributed by atoms with E-state index >= 15 is 0 Å². The average Bonchev–Trinajstić information content (AvgIpc) is 3.47. The van der Waals surface area contributed by atoms with Crippen LogP contribution < -0.4 is 10.6 Å². The predicted molar refractivity (Wildman–Crippen MR) is 129 cm³/mol. The van der Waals surface area contributed by atoms with Crippen molar-refractivity contribution in [1.82, 2.24) is 10.6 Å². The van der Waals surface area contributed by atoms with Crippen molar-refractivity contribution < 1.29 is 28.6 Å². The van der Waals surface area contributed by atoms with Crippen molar-refractivity contribution in [3.63, 3.8) is 0 Å². The molecule has 4 rings (SSSR count). The van der Waals surface area contributed by atoms with Gasteiger partial charge in [0.25, 0.3) is 5.91 Å². The van der Waals surface area contributed by atoms with E-state index in [-0.39, 0.29) is 30.7 Å². The van der Waals surface area contributed by atoms with Gasteiger partial charge in [-0.15, -0.1) is 0 Å². The fourth-order valence-corrected chi connectivity index (χ4v) is 4.22. The molecule has 0 spiro atoms. The molecule has 2 aromatic carbocycles. The number of nitrogens with one attached hydrogen (secondary N) is 2. The molecule has 0 saturated carbocycles. The Labute approximate surface area is 203 Å². The molecule has 2 amide bonds. The van der Waals surface area contributed by atoms with Crippen LogP contribution in [0.2, 0.25) is 0 Å². The van der Waals surface area contributed by atoms with E-state index in [9.17, 15) is 14.4 Å². The first-order valence-corrected chi connectivity index (χ1v) is 11.6. The highest BCUT2D eigenvalue weighted by molar-refractivity contribution is 5.91. The Bertz CT molecular complexity index is 1170. The van der Waals surface area contributed by atoms with Gasteiger partial charge in [-0.05, 0) is 47.2 Å². The number of benzene rings is 2. The second-order valence-electron chi connectivity index (χ2n) is 8.58. The van der Waals surface area contributed by atoms with Gasteiger partial charge in [-0.25, -0.2) is 4.79 Å². The van der Waals surface area contributed by atoms with Crippen LogP contribution >= 0.6 is 0 Å². The summed E-state index contributed by atoms with van der Waals surface area (Å²) in [7, 11) is 0. The summed E-state index contributed by atoms with van der Waals surface area (Å²) in [6, 6.07) is 19.4. The standard InChI is InChI=1S/C27H28N2O6/c1-17(26(31)32)7-6-14-28-25(30)24-13-12-18(35-24)15-29-27(33)34-16-23-21-10-4-2-8-19(21)20-9-3-5-11-22(20)23/h2-5,8-13,17,23H,6-7,14-16H2,1H3,(H,28,30)(H,29,33)(H,31,32). The summed E-state index contributed by atoms with van der Waals surface area (Å²) in [6.45, 7) is 2.28. The summed E-state index contributed by atoms with van der Waals surface area (Å²) in [4.78, 5) is 35.3. The number of alkyl carbamates (subject to hydrolysis) is 1. The number of furan rings is 1. The van der Waals surface area contributed by atoms with Crippen molar-refractivity contribution >= 4 is 18.0 Å². The molecule has 0 radical (unpaired) electrons. The molecule has 1 aliphatic carbocycles. The number of hydrogen-bond donors (Lipinski definition) is 3. The zero-order valence-electron chi connectivity index (χ0n) is 19.5. The number of carboxylic acid groups (broad SMARTS) is 1. The lowest BCUT2D eigenvalue weighted by atomic mass is 9.98. The van der Waals surface area contributed by atoms with E-state index in [1.807, 2.05) is 24.3 Å². The molecule has 8 nitrogen and oxygen atoms in total. The molecular formula is C27H28N2O6. The summed E-state index contributed by atoms with van der Waals surface area (Å²) >= 11 is 0. The van der Waals surface area contributed by atoms with Gasteiger partial charge in [0, 0.05) is 12.5 Å². The summed E-state index contributed by atoms with van der Waals surface area (Å²) in [5, 5.41) is 14.2. The average molecular weight is 477 g/mol. The van der Waals surface area contributed by atoms with Crippen LogP contribution in [-0.4, -0.2) is 36.2 Å². The molecule has 0 fully saturated rings. The third kappa shape index (κ3) is 5.71. The summed E-state index contributed by atoms with van der Waals surface area (Å²) in [5.74, 6) is -1.17. The Kier molecular flexibility index (Phi) is 7.50. The van der Waals surface area contributed by atoms with Gasteiger partial charge < -0.3 is 24.9 Å². The Morgan fingerprint density at radius 2 is 1.63 bits per heavy atom. The first-order chi connectivity index (χ1) is 16.9. The first kappa shape index (κ1) is 24.1. The van der Waals surface area contributed by atoms with Gasteiger partial charge in [0.1, 0.15) is 12.4 Å². The van der Waals surface area contributed by atoms with Gasteiger partial charge >= 0.3 is 12.1 Å². The number of fused-ring (bicyclic) bond motifs is 3. The molecular weight excluding hydrogens is 448 g/mol. The minimum atomic E-state index is -0.851. The smallest absolute Gasteiger partial charge is 0.407 e. The number of carbonyl (C=O) groups is 3. The van der Waals surface area contributed by atoms with Gasteiger partial charge in [-0.1, -0.05) is 55.5 Å².